The van der Waals surface area contributed by atoms with Crippen molar-refractivity contribution < 1.29 is 9.53 Å². The summed E-state index contributed by atoms with van der Waals surface area (Å²) in [5.74, 6) is 1.21. The molecule has 0 spiro atoms. The van der Waals surface area contributed by atoms with Crippen molar-refractivity contribution >= 4 is 51.6 Å². The van der Waals surface area contributed by atoms with E-state index in [-0.39, 0.29) is 11.6 Å². The van der Waals surface area contributed by atoms with Crippen molar-refractivity contribution in [3.05, 3.63) is 76.7 Å². The summed E-state index contributed by atoms with van der Waals surface area (Å²) in [6.07, 6.45) is 3.20. The number of carbonyl (C=O) groups excluding carboxylic acids is 1. The zero-order chi connectivity index (χ0) is 21.1. The Kier molecular flexibility index (Phi) is 5.65. The number of aromatic nitrogens is 3. The number of fused-ring (bicyclic) bond motifs is 1. The summed E-state index contributed by atoms with van der Waals surface area (Å²) in [5, 5.41) is 7.43. The molecular weight excluding hydrogens is 425 g/mol. The smallest absolute Gasteiger partial charge is 0.269 e. The van der Waals surface area contributed by atoms with Crippen LogP contribution in [0.4, 0.5) is 11.6 Å². The molecule has 2 N–H and O–H groups in total. The maximum Gasteiger partial charge on any atom is 0.269 e. The Labute approximate surface area is 182 Å². The molecule has 0 saturated carbocycles. The number of benzene rings is 2. The highest BCUT2D eigenvalue weighted by molar-refractivity contribution is 6.36. The van der Waals surface area contributed by atoms with Crippen LogP contribution in [0, 0.1) is 0 Å². The normalized spacial score (nSPS) is 10.6. The highest BCUT2D eigenvalue weighted by atomic mass is 35.5. The highest BCUT2D eigenvalue weighted by Gasteiger charge is 2.09. The predicted octanol–water partition coefficient (Wildman–Crippen LogP) is 5.23. The van der Waals surface area contributed by atoms with Crippen molar-refractivity contribution in [2.24, 2.45) is 0 Å². The summed E-state index contributed by atoms with van der Waals surface area (Å²) in [6, 6.07) is 13.8. The number of nitrogens with zero attached hydrogens (tertiary/aromatic N) is 3. The van der Waals surface area contributed by atoms with Gasteiger partial charge in [0.2, 0.25) is 5.95 Å². The molecule has 30 heavy (non-hydrogen) atoms. The van der Waals surface area contributed by atoms with E-state index >= 15 is 0 Å². The van der Waals surface area contributed by atoms with Gasteiger partial charge in [-0.05, 0) is 42.5 Å². The van der Waals surface area contributed by atoms with Crippen molar-refractivity contribution in [3.63, 3.8) is 0 Å². The number of hydrogen-bond acceptors (Lipinski definition) is 6. The fraction of sp³-hybridized carbons (Fsp3) is 0.0476. The predicted molar refractivity (Wildman–Crippen MR) is 117 cm³/mol. The van der Waals surface area contributed by atoms with E-state index in [1.165, 1.54) is 6.20 Å². The largest absolute Gasteiger partial charge is 0.457 e. The molecular formula is C21H15Cl2N5O2. The summed E-state index contributed by atoms with van der Waals surface area (Å²) < 4.78 is 5.85. The topological polar surface area (TPSA) is 89.0 Å². The Bertz CT molecular complexity index is 1250. The lowest BCUT2D eigenvalue weighted by Crippen LogP contribution is -2.18. The molecule has 2 heterocycles. The molecule has 4 aromatic rings. The van der Waals surface area contributed by atoms with Gasteiger partial charge in [-0.2, -0.15) is 0 Å². The molecule has 0 saturated heterocycles. The SMILES string of the molecule is CNC(=O)c1cc(Oc2ccc3nc(Nc4ccc(Cl)cc4Cl)ncc3c2)ccn1. The minimum absolute atomic E-state index is 0.274. The second kappa shape index (κ2) is 8.52. The maximum atomic E-state index is 11.7. The third kappa shape index (κ3) is 4.42. The van der Waals surface area contributed by atoms with Gasteiger partial charge in [0.1, 0.15) is 17.2 Å². The summed E-state index contributed by atoms with van der Waals surface area (Å²) >= 11 is 12.1. The molecule has 4 rings (SSSR count). The third-order valence-corrected chi connectivity index (χ3v) is 4.70. The van der Waals surface area contributed by atoms with E-state index in [2.05, 4.69) is 25.6 Å². The van der Waals surface area contributed by atoms with Gasteiger partial charge in [-0.15, -0.1) is 0 Å². The Hall–Kier alpha value is -3.42. The van der Waals surface area contributed by atoms with E-state index in [4.69, 9.17) is 27.9 Å². The molecule has 2 aromatic carbocycles. The number of rotatable bonds is 5. The Morgan fingerprint density at radius 2 is 1.83 bits per heavy atom. The molecule has 0 bridgehead atoms. The van der Waals surface area contributed by atoms with Crippen LogP contribution in [-0.2, 0) is 0 Å². The molecule has 9 heteroatoms. The van der Waals surface area contributed by atoms with Crippen LogP contribution in [0.5, 0.6) is 11.5 Å². The second-order valence-corrected chi connectivity index (χ2v) is 7.07. The molecule has 1 amide bonds. The second-order valence-electron chi connectivity index (χ2n) is 6.22. The van der Waals surface area contributed by atoms with Crippen LogP contribution in [0.25, 0.3) is 10.9 Å². The van der Waals surface area contributed by atoms with E-state index in [0.717, 1.165) is 10.9 Å². The number of pyridine rings is 1. The first-order chi connectivity index (χ1) is 14.5. The first-order valence-electron chi connectivity index (χ1n) is 8.87. The van der Waals surface area contributed by atoms with E-state index in [1.807, 2.05) is 12.1 Å². The Morgan fingerprint density at radius 1 is 1.00 bits per heavy atom. The van der Waals surface area contributed by atoms with Crippen molar-refractivity contribution in [3.8, 4) is 11.5 Å². The minimum Gasteiger partial charge on any atom is -0.457 e. The van der Waals surface area contributed by atoms with Gasteiger partial charge in [0.05, 0.1) is 16.2 Å². The van der Waals surface area contributed by atoms with Gasteiger partial charge >= 0.3 is 0 Å². The zero-order valence-corrected chi connectivity index (χ0v) is 17.2. The number of halogens is 2. The fourth-order valence-corrected chi connectivity index (χ4v) is 3.17. The first kappa shape index (κ1) is 19.9. The van der Waals surface area contributed by atoms with Crippen molar-refractivity contribution in [2.75, 3.05) is 12.4 Å². The zero-order valence-electron chi connectivity index (χ0n) is 15.7. The van der Waals surface area contributed by atoms with Gasteiger partial charge in [0, 0.05) is 35.9 Å². The molecule has 150 valence electrons. The third-order valence-electron chi connectivity index (χ3n) is 4.16. The maximum absolute atomic E-state index is 11.7. The van der Waals surface area contributed by atoms with Gasteiger partial charge in [-0.3, -0.25) is 9.78 Å². The van der Waals surface area contributed by atoms with Gasteiger partial charge < -0.3 is 15.4 Å². The van der Waals surface area contributed by atoms with Crippen LogP contribution in [-0.4, -0.2) is 27.9 Å². The fourth-order valence-electron chi connectivity index (χ4n) is 2.71. The van der Waals surface area contributed by atoms with Crippen LogP contribution in [0.2, 0.25) is 10.0 Å². The number of hydrogen-bond donors (Lipinski definition) is 2. The molecule has 0 radical (unpaired) electrons. The number of nitrogens with one attached hydrogen (secondary N) is 2. The minimum atomic E-state index is -0.284. The van der Waals surface area contributed by atoms with Crippen LogP contribution >= 0.6 is 23.2 Å². The first-order valence-corrected chi connectivity index (χ1v) is 9.62. The highest BCUT2D eigenvalue weighted by Crippen LogP contribution is 2.29. The van der Waals surface area contributed by atoms with Gasteiger partial charge in [0.15, 0.2) is 0 Å². The molecule has 0 atom stereocenters. The van der Waals surface area contributed by atoms with Crippen LogP contribution in [0.1, 0.15) is 10.5 Å². The lowest BCUT2D eigenvalue weighted by molar-refractivity contribution is 0.0958. The molecule has 2 aromatic heterocycles. The van der Waals surface area contributed by atoms with Crippen molar-refractivity contribution in [1.82, 2.24) is 20.3 Å². The molecule has 0 aliphatic rings. The van der Waals surface area contributed by atoms with E-state index in [1.54, 1.807) is 49.6 Å². The summed E-state index contributed by atoms with van der Waals surface area (Å²) in [6.45, 7) is 0. The van der Waals surface area contributed by atoms with Crippen LogP contribution < -0.4 is 15.4 Å². The molecule has 7 nitrogen and oxygen atoms in total. The van der Waals surface area contributed by atoms with E-state index < -0.39 is 0 Å². The van der Waals surface area contributed by atoms with Gasteiger partial charge in [0.25, 0.3) is 5.91 Å². The lowest BCUT2D eigenvalue weighted by Gasteiger charge is -2.09. The quantitative estimate of drug-likeness (QED) is 0.442. The molecule has 0 aliphatic heterocycles. The lowest BCUT2D eigenvalue weighted by atomic mass is 10.2. The summed E-state index contributed by atoms with van der Waals surface area (Å²) in [5.41, 5.74) is 1.66. The van der Waals surface area contributed by atoms with Crippen molar-refractivity contribution in [2.45, 2.75) is 0 Å². The number of carbonyl (C=O) groups is 1. The van der Waals surface area contributed by atoms with E-state index in [0.29, 0.717) is 33.2 Å². The number of amides is 1. The number of anilines is 2. The average Bonchev–Trinajstić information content (AvgIpc) is 2.75. The average molecular weight is 440 g/mol. The van der Waals surface area contributed by atoms with Gasteiger partial charge in [-0.1, -0.05) is 23.2 Å². The molecule has 0 unspecified atom stereocenters. The summed E-state index contributed by atoms with van der Waals surface area (Å²) in [4.78, 5) is 24.6. The Morgan fingerprint density at radius 3 is 2.63 bits per heavy atom. The van der Waals surface area contributed by atoms with Crippen molar-refractivity contribution in [1.29, 1.82) is 0 Å². The molecule has 0 fully saturated rings. The van der Waals surface area contributed by atoms with E-state index in [9.17, 15) is 4.79 Å². The standard InChI is InChI=1S/C21H15Cl2N5O2/c1-24-20(29)19-10-15(6-7-25-19)30-14-3-5-17-12(8-14)11-26-21(27-17)28-18-4-2-13(22)9-16(18)23/h2-11H,1H3,(H,24,29)(H,26,27,28). The van der Waals surface area contributed by atoms with Gasteiger partial charge in [-0.25, -0.2) is 9.97 Å². The summed E-state index contributed by atoms with van der Waals surface area (Å²) in [7, 11) is 1.55. The molecule has 0 aliphatic carbocycles. The Balaban J connectivity index is 1.55. The van der Waals surface area contributed by atoms with Crippen LogP contribution in [0.3, 0.4) is 0 Å². The monoisotopic (exact) mass is 439 g/mol. The van der Waals surface area contributed by atoms with Crippen LogP contribution in [0.15, 0.2) is 60.9 Å². The number of ether oxygens (including phenoxy) is 1.